The first-order valence-corrected chi connectivity index (χ1v) is 13.3. The van der Waals surface area contributed by atoms with E-state index >= 15 is 0 Å². The molecule has 1 aromatic carbocycles. The molecular formula is C27H34N8O2. The Kier molecular flexibility index (Phi) is 5.11. The largest absolute Gasteiger partial charge is 0.496 e. The summed E-state index contributed by atoms with van der Waals surface area (Å²) in [4.78, 5) is 23.9. The van der Waals surface area contributed by atoms with Crippen molar-refractivity contribution in [3.8, 4) is 5.75 Å². The molecule has 2 spiro atoms. The summed E-state index contributed by atoms with van der Waals surface area (Å²) in [6, 6.07) is 5.68. The quantitative estimate of drug-likeness (QED) is 0.450. The average Bonchev–Trinajstić information content (AvgIpc) is 3.17. The third-order valence-corrected chi connectivity index (χ3v) is 9.12. The zero-order valence-corrected chi connectivity index (χ0v) is 21.3. The lowest BCUT2D eigenvalue weighted by molar-refractivity contribution is -0.0248. The van der Waals surface area contributed by atoms with Crippen LogP contribution >= 0.6 is 0 Å². The van der Waals surface area contributed by atoms with E-state index in [2.05, 4.69) is 25.7 Å². The van der Waals surface area contributed by atoms with Gasteiger partial charge in [-0.15, -0.1) is 0 Å². The predicted molar refractivity (Wildman–Crippen MR) is 141 cm³/mol. The van der Waals surface area contributed by atoms with E-state index in [1.54, 1.807) is 13.3 Å². The molecule has 0 bridgehead atoms. The van der Waals surface area contributed by atoms with E-state index in [1.807, 2.05) is 27.8 Å². The van der Waals surface area contributed by atoms with Crippen LogP contribution in [0.4, 0.5) is 11.8 Å². The van der Waals surface area contributed by atoms with Crippen LogP contribution in [0.3, 0.4) is 0 Å². The zero-order chi connectivity index (χ0) is 25.2. The molecule has 2 aliphatic heterocycles. The number of carbonyl (C=O) groups excluding carboxylic acids is 1. The van der Waals surface area contributed by atoms with Crippen LogP contribution in [0.25, 0.3) is 11.0 Å². The lowest BCUT2D eigenvalue weighted by Gasteiger charge is -2.56. The number of benzene rings is 1. The number of aromatic nitrogens is 4. The first-order chi connectivity index (χ1) is 17.9. The highest BCUT2D eigenvalue weighted by molar-refractivity contribution is 5.95. The fourth-order valence-corrected chi connectivity index (χ4v) is 6.86. The van der Waals surface area contributed by atoms with Crippen molar-refractivity contribution in [3.05, 3.63) is 35.5 Å². The Labute approximate surface area is 216 Å². The third kappa shape index (κ3) is 3.80. The number of hydrogen-bond acceptors (Lipinski definition) is 8. The molecule has 2 aromatic heterocycles. The number of carbonyl (C=O) groups is 1. The van der Waals surface area contributed by atoms with E-state index in [-0.39, 0.29) is 11.9 Å². The van der Waals surface area contributed by atoms with E-state index in [1.165, 1.54) is 32.1 Å². The third-order valence-electron chi connectivity index (χ3n) is 9.12. The standard InChI is InChI=1S/C27H34N8O2/c1-37-21-7-18(24(36)34-15-27(16-34)13-29-14-27)3-4-19(21)12-35-22-20(11-31-35)32-25(28)33-23(22)30-10-17-8-26(9-17)5-2-6-26/h3-4,7,11,17,29H,2,5-6,8-10,12-16H2,1H3,(H3,28,30,32,33). The van der Waals surface area contributed by atoms with Crippen LogP contribution in [0.5, 0.6) is 5.75 Å². The Morgan fingerprint density at radius 3 is 2.70 bits per heavy atom. The van der Waals surface area contributed by atoms with Gasteiger partial charge in [-0.2, -0.15) is 10.1 Å². The number of methoxy groups -OCH3 is 1. The molecule has 0 radical (unpaired) electrons. The summed E-state index contributed by atoms with van der Waals surface area (Å²) in [6.45, 7) is 5.00. The van der Waals surface area contributed by atoms with Crippen LogP contribution in [0.1, 0.15) is 48.0 Å². The van der Waals surface area contributed by atoms with E-state index in [4.69, 9.17) is 10.5 Å². The van der Waals surface area contributed by atoms with Gasteiger partial charge in [0.25, 0.3) is 5.91 Å². The average molecular weight is 503 g/mol. The first kappa shape index (κ1) is 22.8. The van der Waals surface area contributed by atoms with Crippen LogP contribution in [0, 0.1) is 16.7 Å². The molecule has 7 rings (SSSR count). The molecule has 194 valence electrons. The van der Waals surface area contributed by atoms with Crippen LogP contribution in [-0.2, 0) is 6.54 Å². The lowest BCUT2D eigenvalue weighted by Crippen LogP contribution is -2.71. The topological polar surface area (TPSA) is 123 Å². The van der Waals surface area contributed by atoms with E-state index in [9.17, 15) is 4.79 Å². The number of rotatable bonds is 7. The summed E-state index contributed by atoms with van der Waals surface area (Å²) < 4.78 is 7.58. The normalized spacial score (nSPS) is 21.3. The molecule has 0 unspecified atom stereocenters. The highest BCUT2D eigenvalue weighted by Gasteiger charge is 2.49. The molecule has 10 nitrogen and oxygen atoms in total. The second-order valence-electron chi connectivity index (χ2n) is 11.8. The Balaban J connectivity index is 1.09. The number of ether oxygens (including phenoxy) is 1. The van der Waals surface area contributed by atoms with E-state index in [0.29, 0.717) is 40.1 Å². The van der Waals surface area contributed by atoms with Gasteiger partial charge in [0, 0.05) is 49.3 Å². The van der Waals surface area contributed by atoms with Crippen molar-refractivity contribution in [2.45, 2.75) is 38.6 Å². The summed E-state index contributed by atoms with van der Waals surface area (Å²) in [5, 5.41) is 11.5. The highest BCUT2D eigenvalue weighted by Crippen LogP contribution is 2.58. The summed E-state index contributed by atoms with van der Waals surface area (Å²) in [6.07, 6.45) is 8.51. The predicted octanol–water partition coefficient (Wildman–Crippen LogP) is 2.50. The fourth-order valence-electron chi connectivity index (χ4n) is 6.86. The second-order valence-corrected chi connectivity index (χ2v) is 11.8. The number of amides is 1. The van der Waals surface area contributed by atoms with Gasteiger partial charge >= 0.3 is 0 Å². The van der Waals surface area contributed by atoms with Crippen molar-refractivity contribution >= 4 is 28.7 Å². The van der Waals surface area contributed by atoms with E-state index < -0.39 is 0 Å². The molecule has 4 fully saturated rings. The Bertz CT molecular complexity index is 1360. The number of nitrogen functional groups attached to an aromatic ring is 1. The van der Waals surface area contributed by atoms with Crippen molar-refractivity contribution in [1.82, 2.24) is 30.0 Å². The highest BCUT2D eigenvalue weighted by atomic mass is 16.5. The van der Waals surface area contributed by atoms with Gasteiger partial charge in [0.2, 0.25) is 5.95 Å². The maximum absolute atomic E-state index is 13.0. The first-order valence-electron chi connectivity index (χ1n) is 13.3. The minimum absolute atomic E-state index is 0.0574. The number of anilines is 2. The maximum Gasteiger partial charge on any atom is 0.254 e. The zero-order valence-electron chi connectivity index (χ0n) is 21.3. The van der Waals surface area contributed by atoms with Crippen molar-refractivity contribution in [1.29, 1.82) is 0 Å². The van der Waals surface area contributed by atoms with Crippen molar-refractivity contribution in [2.75, 3.05) is 50.9 Å². The molecule has 4 N–H and O–H groups in total. The van der Waals surface area contributed by atoms with Gasteiger partial charge in [-0.25, -0.2) is 4.98 Å². The second kappa shape index (κ2) is 8.31. The van der Waals surface area contributed by atoms with Crippen LogP contribution in [-0.4, -0.2) is 70.4 Å². The lowest BCUT2D eigenvalue weighted by atomic mass is 9.52. The molecule has 4 aliphatic rings. The Morgan fingerprint density at radius 2 is 2.03 bits per heavy atom. The molecule has 0 atom stereocenters. The van der Waals surface area contributed by atoms with Crippen molar-refractivity contribution in [2.24, 2.45) is 16.7 Å². The SMILES string of the molecule is COc1cc(C(=O)N2CC3(CNC3)C2)ccc1Cn1ncc2nc(N)nc(NCC3CC4(CCC4)C3)c21. The summed E-state index contributed by atoms with van der Waals surface area (Å²) >= 11 is 0. The van der Waals surface area contributed by atoms with Gasteiger partial charge in [-0.05, 0) is 49.1 Å². The maximum atomic E-state index is 13.0. The van der Waals surface area contributed by atoms with E-state index in [0.717, 1.165) is 49.6 Å². The molecule has 2 saturated heterocycles. The smallest absolute Gasteiger partial charge is 0.254 e. The van der Waals surface area contributed by atoms with Crippen LogP contribution in [0.2, 0.25) is 0 Å². The minimum Gasteiger partial charge on any atom is -0.496 e. The molecule has 10 heteroatoms. The van der Waals surface area contributed by atoms with Crippen molar-refractivity contribution in [3.63, 3.8) is 0 Å². The van der Waals surface area contributed by atoms with Gasteiger partial charge in [-0.1, -0.05) is 12.5 Å². The number of nitrogens with zero attached hydrogens (tertiary/aromatic N) is 5. The summed E-state index contributed by atoms with van der Waals surface area (Å²) in [5.74, 6) is 2.36. The Morgan fingerprint density at radius 1 is 1.22 bits per heavy atom. The number of likely N-dealkylation sites (tertiary alicyclic amines) is 1. The number of nitrogens with two attached hydrogens (primary N) is 1. The molecule has 3 aromatic rings. The molecule has 2 aliphatic carbocycles. The number of hydrogen-bond donors (Lipinski definition) is 3. The molecule has 37 heavy (non-hydrogen) atoms. The number of fused-ring (bicyclic) bond motifs is 1. The van der Waals surface area contributed by atoms with Gasteiger partial charge in [0.1, 0.15) is 16.8 Å². The summed E-state index contributed by atoms with van der Waals surface area (Å²) in [5.41, 5.74) is 10.1. The molecular weight excluding hydrogens is 468 g/mol. The minimum atomic E-state index is 0.0574. The molecule has 1 amide bonds. The fraction of sp³-hybridized carbons (Fsp3) is 0.556. The van der Waals surface area contributed by atoms with Gasteiger partial charge in [0.15, 0.2) is 5.82 Å². The molecule has 2 saturated carbocycles. The van der Waals surface area contributed by atoms with Gasteiger partial charge < -0.3 is 26.0 Å². The van der Waals surface area contributed by atoms with Gasteiger partial charge in [0.05, 0.1) is 19.9 Å². The van der Waals surface area contributed by atoms with Crippen LogP contribution < -0.4 is 21.1 Å². The Hall–Kier alpha value is -3.40. The summed E-state index contributed by atoms with van der Waals surface area (Å²) in [7, 11) is 1.64. The van der Waals surface area contributed by atoms with Crippen LogP contribution in [0.15, 0.2) is 24.4 Å². The molecule has 4 heterocycles. The number of nitrogens with one attached hydrogen (secondary N) is 2. The monoisotopic (exact) mass is 502 g/mol. The van der Waals surface area contributed by atoms with Gasteiger partial charge in [-0.3, -0.25) is 9.48 Å². The van der Waals surface area contributed by atoms with Crippen molar-refractivity contribution < 1.29 is 9.53 Å².